The second-order valence-electron chi connectivity index (χ2n) is 4.39. The van der Waals surface area contributed by atoms with E-state index >= 15 is 0 Å². The Morgan fingerprint density at radius 1 is 1.06 bits per heavy atom. The van der Waals surface area contributed by atoms with Gasteiger partial charge < -0.3 is 15.4 Å². The van der Waals surface area contributed by atoms with Crippen molar-refractivity contribution in [2.45, 2.75) is 6.54 Å². The maximum absolute atomic E-state index is 9.47. The molecule has 90 valence electrons. The van der Waals surface area contributed by atoms with Gasteiger partial charge >= 0.3 is 0 Å². The second-order valence-corrected chi connectivity index (χ2v) is 4.39. The molecule has 0 amide bonds. The van der Waals surface area contributed by atoms with E-state index in [4.69, 9.17) is 5.73 Å². The van der Waals surface area contributed by atoms with Crippen molar-refractivity contribution in [2.75, 3.05) is 5.73 Å². The molecule has 0 spiro atoms. The fourth-order valence-electron chi connectivity index (χ4n) is 2.24. The Bertz CT molecular complexity index is 701. The summed E-state index contributed by atoms with van der Waals surface area (Å²) in [5, 5.41) is 10.5. The average Bonchev–Trinajstić information content (AvgIpc) is 2.74. The number of rotatable bonds is 2. The van der Waals surface area contributed by atoms with Crippen molar-refractivity contribution in [1.82, 2.24) is 4.57 Å². The Morgan fingerprint density at radius 3 is 2.72 bits per heavy atom. The summed E-state index contributed by atoms with van der Waals surface area (Å²) in [5.41, 5.74) is 8.90. The molecule has 1 aromatic heterocycles. The van der Waals surface area contributed by atoms with Crippen molar-refractivity contribution in [3.8, 4) is 5.75 Å². The monoisotopic (exact) mass is 238 g/mol. The van der Waals surface area contributed by atoms with Crippen LogP contribution in [0.1, 0.15) is 5.56 Å². The van der Waals surface area contributed by atoms with Gasteiger partial charge in [-0.1, -0.05) is 18.2 Å². The van der Waals surface area contributed by atoms with Crippen LogP contribution in [0, 0.1) is 0 Å². The van der Waals surface area contributed by atoms with E-state index in [1.165, 1.54) is 0 Å². The first kappa shape index (κ1) is 10.7. The molecule has 0 radical (unpaired) electrons. The molecule has 0 fully saturated rings. The lowest BCUT2D eigenvalue weighted by Crippen LogP contribution is -1.97. The largest absolute Gasteiger partial charge is 0.508 e. The first-order valence-electron chi connectivity index (χ1n) is 5.85. The second kappa shape index (κ2) is 4.11. The standard InChI is InChI=1S/C15H14N2O/c16-14-5-2-6-15-13(14)7-8-17(15)10-11-3-1-4-12(18)9-11/h1-9,18H,10,16H2. The number of nitrogens with zero attached hydrogens (tertiary/aromatic N) is 1. The van der Waals surface area contributed by atoms with E-state index in [0.717, 1.165) is 28.7 Å². The topological polar surface area (TPSA) is 51.2 Å². The van der Waals surface area contributed by atoms with E-state index in [1.54, 1.807) is 12.1 Å². The average molecular weight is 238 g/mol. The molecule has 0 atom stereocenters. The number of benzene rings is 2. The Balaban J connectivity index is 2.03. The molecule has 2 aromatic carbocycles. The highest BCUT2D eigenvalue weighted by atomic mass is 16.3. The molecule has 0 aliphatic carbocycles. The minimum absolute atomic E-state index is 0.295. The zero-order chi connectivity index (χ0) is 12.5. The van der Waals surface area contributed by atoms with Crippen LogP contribution in [0.5, 0.6) is 5.75 Å². The van der Waals surface area contributed by atoms with Gasteiger partial charge in [0.15, 0.2) is 0 Å². The molecule has 3 heteroatoms. The van der Waals surface area contributed by atoms with Crippen LogP contribution in [-0.4, -0.2) is 9.67 Å². The van der Waals surface area contributed by atoms with E-state index in [1.807, 2.05) is 36.5 Å². The van der Waals surface area contributed by atoms with Crippen molar-refractivity contribution in [2.24, 2.45) is 0 Å². The normalized spacial score (nSPS) is 10.9. The fraction of sp³-hybridized carbons (Fsp3) is 0.0667. The SMILES string of the molecule is Nc1cccc2c1ccn2Cc1cccc(O)c1. The van der Waals surface area contributed by atoms with Gasteiger partial charge in [-0.25, -0.2) is 0 Å². The number of anilines is 1. The van der Waals surface area contributed by atoms with Gasteiger partial charge in [0.25, 0.3) is 0 Å². The third-order valence-electron chi connectivity index (χ3n) is 3.11. The number of nitrogen functional groups attached to an aromatic ring is 1. The number of hydrogen-bond acceptors (Lipinski definition) is 2. The van der Waals surface area contributed by atoms with Crippen LogP contribution in [0.15, 0.2) is 54.7 Å². The maximum atomic E-state index is 9.47. The predicted molar refractivity (Wildman–Crippen MR) is 73.6 cm³/mol. The number of phenols is 1. The third kappa shape index (κ3) is 1.80. The Morgan fingerprint density at radius 2 is 1.89 bits per heavy atom. The van der Waals surface area contributed by atoms with E-state index in [9.17, 15) is 5.11 Å². The quantitative estimate of drug-likeness (QED) is 0.674. The predicted octanol–water partition coefficient (Wildman–Crippen LogP) is 2.98. The summed E-state index contributed by atoms with van der Waals surface area (Å²) < 4.78 is 2.13. The van der Waals surface area contributed by atoms with Gasteiger partial charge in [-0.05, 0) is 35.9 Å². The van der Waals surface area contributed by atoms with Crippen molar-refractivity contribution in [1.29, 1.82) is 0 Å². The molecule has 3 rings (SSSR count). The summed E-state index contributed by atoms with van der Waals surface area (Å²) >= 11 is 0. The molecule has 0 bridgehead atoms. The Labute approximate surface area is 105 Å². The number of phenolic OH excluding ortho intramolecular Hbond substituents is 1. The van der Waals surface area contributed by atoms with E-state index in [0.29, 0.717) is 5.75 Å². The molecule has 3 nitrogen and oxygen atoms in total. The molecule has 0 saturated heterocycles. The van der Waals surface area contributed by atoms with Crippen LogP contribution < -0.4 is 5.73 Å². The van der Waals surface area contributed by atoms with Crippen LogP contribution in [0.25, 0.3) is 10.9 Å². The summed E-state index contributed by atoms with van der Waals surface area (Å²) in [6.07, 6.45) is 2.02. The van der Waals surface area contributed by atoms with Crippen LogP contribution in [0.3, 0.4) is 0 Å². The van der Waals surface area contributed by atoms with Crippen LogP contribution >= 0.6 is 0 Å². The maximum Gasteiger partial charge on any atom is 0.115 e. The first-order chi connectivity index (χ1) is 8.74. The molecular weight excluding hydrogens is 224 g/mol. The summed E-state index contributed by atoms with van der Waals surface area (Å²) in [4.78, 5) is 0. The zero-order valence-corrected chi connectivity index (χ0v) is 9.88. The lowest BCUT2D eigenvalue weighted by molar-refractivity contribution is 0.474. The molecule has 0 aliphatic rings. The molecule has 3 N–H and O–H groups in total. The molecule has 0 unspecified atom stereocenters. The highest BCUT2D eigenvalue weighted by molar-refractivity contribution is 5.91. The van der Waals surface area contributed by atoms with Gasteiger partial charge in [0.05, 0.1) is 5.52 Å². The van der Waals surface area contributed by atoms with E-state index in [2.05, 4.69) is 10.6 Å². The van der Waals surface area contributed by atoms with Crippen molar-refractivity contribution in [3.05, 3.63) is 60.3 Å². The van der Waals surface area contributed by atoms with Gasteiger partial charge in [0, 0.05) is 23.8 Å². The summed E-state index contributed by atoms with van der Waals surface area (Å²) in [6.45, 7) is 0.724. The van der Waals surface area contributed by atoms with Gasteiger partial charge in [0.2, 0.25) is 0 Å². The van der Waals surface area contributed by atoms with Crippen LogP contribution in [-0.2, 0) is 6.54 Å². The van der Waals surface area contributed by atoms with E-state index in [-0.39, 0.29) is 0 Å². The number of aromatic nitrogens is 1. The first-order valence-corrected chi connectivity index (χ1v) is 5.85. The Kier molecular flexibility index (Phi) is 2.45. The lowest BCUT2D eigenvalue weighted by Gasteiger charge is -2.06. The molecular formula is C15H14N2O. The number of fused-ring (bicyclic) bond motifs is 1. The molecule has 0 aliphatic heterocycles. The number of hydrogen-bond donors (Lipinski definition) is 2. The smallest absolute Gasteiger partial charge is 0.115 e. The van der Waals surface area contributed by atoms with Crippen molar-refractivity contribution < 1.29 is 5.11 Å². The summed E-state index contributed by atoms with van der Waals surface area (Å²) in [5.74, 6) is 0.295. The van der Waals surface area contributed by atoms with Gasteiger partial charge in [-0.3, -0.25) is 0 Å². The van der Waals surface area contributed by atoms with Gasteiger partial charge in [0.1, 0.15) is 5.75 Å². The van der Waals surface area contributed by atoms with Gasteiger partial charge in [-0.15, -0.1) is 0 Å². The molecule has 18 heavy (non-hydrogen) atoms. The third-order valence-corrected chi connectivity index (χ3v) is 3.11. The number of nitrogens with two attached hydrogens (primary N) is 1. The molecule has 1 heterocycles. The van der Waals surface area contributed by atoms with Crippen molar-refractivity contribution >= 4 is 16.6 Å². The lowest BCUT2D eigenvalue weighted by atomic mass is 10.2. The number of aromatic hydroxyl groups is 1. The zero-order valence-electron chi connectivity index (χ0n) is 9.88. The highest BCUT2D eigenvalue weighted by Gasteiger charge is 2.04. The van der Waals surface area contributed by atoms with Crippen LogP contribution in [0.4, 0.5) is 5.69 Å². The molecule has 3 aromatic rings. The molecule has 0 saturated carbocycles. The fourth-order valence-corrected chi connectivity index (χ4v) is 2.24. The highest BCUT2D eigenvalue weighted by Crippen LogP contribution is 2.23. The van der Waals surface area contributed by atoms with E-state index < -0.39 is 0 Å². The Hall–Kier alpha value is -2.42. The van der Waals surface area contributed by atoms with Gasteiger partial charge in [-0.2, -0.15) is 0 Å². The summed E-state index contributed by atoms with van der Waals surface area (Å²) in [7, 11) is 0. The minimum Gasteiger partial charge on any atom is -0.508 e. The minimum atomic E-state index is 0.295. The van der Waals surface area contributed by atoms with Crippen LogP contribution in [0.2, 0.25) is 0 Å². The van der Waals surface area contributed by atoms with Crippen molar-refractivity contribution in [3.63, 3.8) is 0 Å². The summed E-state index contributed by atoms with van der Waals surface area (Å²) in [6, 6.07) is 15.2.